The smallest absolute Gasteiger partial charge is 0.312 e. The van der Waals surface area contributed by atoms with E-state index in [0.717, 1.165) is 0 Å². The number of likely N-dealkylation sites (tertiary alicyclic amines) is 1. The Balaban J connectivity index is 2.11. The highest BCUT2D eigenvalue weighted by Crippen LogP contribution is 2.59. The van der Waals surface area contributed by atoms with Crippen LogP contribution in [0.15, 0.2) is 25.3 Å². The standard InChI is InChI=1S/C26H40N2O6/c1-8-12-27(25(5,6)7)23(31)21-26-11-10-18(34-26)19(24(32)33-13-9-2)20(26)22(30)28(21)17(15-29)14-16(3)4/h8-9,16-21,29H,1-2,10-15H2,3-7H3/t17-,18+,19-,20+,21?,26?/m1/s1. The van der Waals surface area contributed by atoms with Gasteiger partial charge in [0.1, 0.15) is 18.2 Å². The average Bonchev–Trinajstić information content (AvgIpc) is 3.40. The Labute approximate surface area is 202 Å². The van der Waals surface area contributed by atoms with Gasteiger partial charge in [-0.3, -0.25) is 14.4 Å². The van der Waals surface area contributed by atoms with Gasteiger partial charge in [0.25, 0.3) is 0 Å². The number of hydrogen-bond donors (Lipinski definition) is 1. The van der Waals surface area contributed by atoms with Crippen LogP contribution in [-0.2, 0) is 23.9 Å². The molecule has 3 fully saturated rings. The zero-order valence-electron chi connectivity index (χ0n) is 21.2. The van der Waals surface area contributed by atoms with Crippen molar-refractivity contribution in [3.63, 3.8) is 0 Å². The van der Waals surface area contributed by atoms with E-state index >= 15 is 0 Å². The number of amides is 2. The van der Waals surface area contributed by atoms with Crippen LogP contribution in [0, 0.1) is 17.8 Å². The first-order chi connectivity index (χ1) is 15.9. The third-order valence-electron chi connectivity index (χ3n) is 7.32. The van der Waals surface area contributed by atoms with Crippen LogP contribution in [0.4, 0.5) is 0 Å². The van der Waals surface area contributed by atoms with Gasteiger partial charge in [0, 0.05) is 12.1 Å². The molecular formula is C26H40N2O6. The van der Waals surface area contributed by atoms with E-state index in [1.165, 1.54) is 11.0 Å². The molecule has 34 heavy (non-hydrogen) atoms. The largest absolute Gasteiger partial charge is 0.461 e. The quantitative estimate of drug-likeness (QED) is 0.384. The highest BCUT2D eigenvalue weighted by molar-refractivity contribution is 5.98. The van der Waals surface area contributed by atoms with Gasteiger partial charge >= 0.3 is 5.97 Å². The van der Waals surface area contributed by atoms with Gasteiger partial charge in [-0.1, -0.05) is 32.6 Å². The highest BCUT2D eigenvalue weighted by Gasteiger charge is 2.75. The van der Waals surface area contributed by atoms with Crippen molar-refractivity contribution in [2.45, 2.75) is 83.2 Å². The van der Waals surface area contributed by atoms with Gasteiger partial charge in [-0.15, -0.1) is 6.58 Å². The molecule has 190 valence electrons. The minimum atomic E-state index is -1.12. The molecule has 2 amide bonds. The second kappa shape index (κ2) is 9.82. The second-order valence-electron chi connectivity index (χ2n) is 11.1. The number of nitrogens with zero attached hydrogens (tertiary/aromatic N) is 2. The number of ether oxygens (including phenoxy) is 2. The molecular weight excluding hydrogens is 436 g/mol. The third-order valence-corrected chi connectivity index (χ3v) is 7.32. The summed E-state index contributed by atoms with van der Waals surface area (Å²) in [5.74, 6) is -2.46. The molecule has 0 aromatic carbocycles. The topological polar surface area (TPSA) is 96.4 Å². The van der Waals surface area contributed by atoms with Crippen molar-refractivity contribution in [2.24, 2.45) is 17.8 Å². The van der Waals surface area contributed by atoms with Crippen LogP contribution < -0.4 is 0 Å². The lowest BCUT2D eigenvalue weighted by Crippen LogP contribution is -2.61. The van der Waals surface area contributed by atoms with Crippen LogP contribution in [0.5, 0.6) is 0 Å². The molecule has 3 rings (SSSR count). The summed E-state index contributed by atoms with van der Waals surface area (Å²) in [4.78, 5) is 44.4. The molecule has 8 nitrogen and oxygen atoms in total. The maximum absolute atomic E-state index is 14.2. The molecule has 0 saturated carbocycles. The van der Waals surface area contributed by atoms with E-state index in [-0.39, 0.29) is 30.9 Å². The van der Waals surface area contributed by atoms with Crippen LogP contribution in [0.3, 0.4) is 0 Å². The zero-order chi connectivity index (χ0) is 25.4. The van der Waals surface area contributed by atoms with E-state index in [9.17, 15) is 19.5 Å². The summed E-state index contributed by atoms with van der Waals surface area (Å²) < 4.78 is 11.8. The van der Waals surface area contributed by atoms with Gasteiger partial charge in [0.05, 0.1) is 30.6 Å². The molecule has 0 aromatic heterocycles. The maximum Gasteiger partial charge on any atom is 0.312 e. The predicted molar refractivity (Wildman–Crippen MR) is 128 cm³/mol. The number of carbonyl (C=O) groups excluding carboxylic acids is 3. The lowest BCUT2D eigenvalue weighted by molar-refractivity contribution is -0.157. The number of rotatable bonds is 10. The Morgan fingerprint density at radius 2 is 2.00 bits per heavy atom. The minimum absolute atomic E-state index is 0.0474. The fraction of sp³-hybridized carbons (Fsp3) is 0.731. The van der Waals surface area contributed by atoms with Crippen molar-refractivity contribution in [3.8, 4) is 0 Å². The predicted octanol–water partition coefficient (Wildman–Crippen LogP) is 2.31. The first-order valence-electron chi connectivity index (χ1n) is 12.2. The Hall–Kier alpha value is -2.19. The van der Waals surface area contributed by atoms with Gasteiger partial charge in [0.2, 0.25) is 11.8 Å². The number of carbonyl (C=O) groups is 3. The van der Waals surface area contributed by atoms with E-state index < -0.39 is 47.1 Å². The summed E-state index contributed by atoms with van der Waals surface area (Å²) in [5, 5.41) is 10.3. The van der Waals surface area contributed by atoms with Crippen molar-refractivity contribution < 1.29 is 29.0 Å². The van der Waals surface area contributed by atoms with Crippen LogP contribution in [0.25, 0.3) is 0 Å². The van der Waals surface area contributed by atoms with E-state index in [0.29, 0.717) is 25.8 Å². The van der Waals surface area contributed by atoms with Gasteiger partial charge in [-0.05, 0) is 46.0 Å². The van der Waals surface area contributed by atoms with Crippen molar-refractivity contribution >= 4 is 17.8 Å². The summed E-state index contributed by atoms with van der Waals surface area (Å²) >= 11 is 0. The molecule has 1 spiro atoms. The molecule has 3 saturated heterocycles. The number of hydrogen-bond acceptors (Lipinski definition) is 6. The molecule has 3 heterocycles. The van der Waals surface area contributed by atoms with Crippen molar-refractivity contribution in [1.29, 1.82) is 0 Å². The zero-order valence-corrected chi connectivity index (χ0v) is 21.2. The maximum atomic E-state index is 14.2. The summed E-state index contributed by atoms with van der Waals surface area (Å²) in [6.45, 7) is 17.3. The number of fused-ring (bicyclic) bond motifs is 1. The SMILES string of the molecule is C=CCOC(=O)[C@@H]1[C@@H]2CCC3(O2)C(C(=O)N(CC=C)C(C)(C)C)N([C@@H](CO)CC(C)C)C(=O)[C@H]13. The lowest BCUT2D eigenvalue weighted by atomic mass is 9.70. The van der Waals surface area contributed by atoms with Crippen LogP contribution >= 0.6 is 0 Å². The van der Waals surface area contributed by atoms with E-state index in [2.05, 4.69) is 13.2 Å². The summed E-state index contributed by atoms with van der Waals surface area (Å²) in [7, 11) is 0. The van der Waals surface area contributed by atoms with Gasteiger partial charge in [-0.2, -0.15) is 0 Å². The molecule has 0 aliphatic carbocycles. The number of esters is 1. The lowest BCUT2D eigenvalue weighted by Gasteiger charge is -2.43. The Bertz CT molecular complexity index is 834. The molecule has 0 aromatic rings. The van der Waals surface area contributed by atoms with E-state index in [1.807, 2.05) is 34.6 Å². The fourth-order valence-electron chi connectivity index (χ4n) is 6.06. The van der Waals surface area contributed by atoms with Crippen molar-refractivity contribution in [3.05, 3.63) is 25.3 Å². The van der Waals surface area contributed by atoms with Gasteiger partial charge in [0.15, 0.2) is 0 Å². The molecule has 0 radical (unpaired) electrons. The van der Waals surface area contributed by atoms with Crippen LogP contribution in [0.2, 0.25) is 0 Å². The van der Waals surface area contributed by atoms with E-state index in [4.69, 9.17) is 9.47 Å². The third kappa shape index (κ3) is 4.31. The normalized spacial score (nSPS) is 30.9. The first kappa shape index (κ1) is 26.4. The van der Waals surface area contributed by atoms with Gasteiger partial charge in [-0.25, -0.2) is 0 Å². The number of aliphatic hydroxyl groups is 1. The average molecular weight is 477 g/mol. The summed E-state index contributed by atoms with van der Waals surface area (Å²) in [6.07, 6.45) is 4.28. The molecule has 2 unspecified atom stereocenters. The first-order valence-corrected chi connectivity index (χ1v) is 12.2. The molecule has 1 N–H and O–H groups in total. The molecule has 3 aliphatic heterocycles. The van der Waals surface area contributed by atoms with Crippen molar-refractivity contribution in [1.82, 2.24) is 9.80 Å². The number of aliphatic hydroxyl groups excluding tert-OH is 1. The second-order valence-corrected chi connectivity index (χ2v) is 11.1. The molecule has 8 heteroatoms. The summed E-state index contributed by atoms with van der Waals surface area (Å²) in [5.41, 5.74) is -1.65. The van der Waals surface area contributed by atoms with Crippen LogP contribution in [0.1, 0.15) is 53.9 Å². The van der Waals surface area contributed by atoms with Crippen LogP contribution in [-0.4, -0.2) is 81.8 Å². The van der Waals surface area contributed by atoms with Gasteiger partial charge < -0.3 is 24.4 Å². The minimum Gasteiger partial charge on any atom is -0.461 e. The van der Waals surface area contributed by atoms with E-state index in [1.54, 1.807) is 11.0 Å². The monoisotopic (exact) mass is 476 g/mol. The fourth-order valence-corrected chi connectivity index (χ4v) is 6.06. The summed E-state index contributed by atoms with van der Waals surface area (Å²) in [6, 6.07) is -1.48. The van der Waals surface area contributed by atoms with Crippen molar-refractivity contribution in [2.75, 3.05) is 19.8 Å². The highest BCUT2D eigenvalue weighted by atomic mass is 16.6. The Kier molecular flexibility index (Phi) is 7.63. The molecule has 2 bridgehead atoms. The Morgan fingerprint density at radius 1 is 1.32 bits per heavy atom. The Morgan fingerprint density at radius 3 is 2.53 bits per heavy atom. The molecule has 3 aliphatic rings. The molecule has 6 atom stereocenters.